The summed E-state index contributed by atoms with van der Waals surface area (Å²) in [5.41, 5.74) is 1.59. The Bertz CT molecular complexity index is 797. The van der Waals surface area contributed by atoms with Gasteiger partial charge in [0.1, 0.15) is 18.5 Å². The van der Waals surface area contributed by atoms with E-state index in [0.29, 0.717) is 25.6 Å². The first kappa shape index (κ1) is 15.3. The molecule has 4 rings (SSSR count). The summed E-state index contributed by atoms with van der Waals surface area (Å²) in [6, 6.07) is 5.95. The number of ether oxygens (including phenoxy) is 2. The van der Waals surface area contributed by atoms with Crippen LogP contribution in [-0.2, 0) is 0 Å². The van der Waals surface area contributed by atoms with Crippen LogP contribution in [0.4, 0.5) is 4.39 Å². The fourth-order valence-electron chi connectivity index (χ4n) is 3.91. The molecule has 1 aromatic carbocycles. The third-order valence-corrected chi connectivity index (χ3v) is 4.94. The summed E-state index contributed by atoms with van der Waals surface area (Å²) < 4.78 is 25.0. The van der Waals surface area contributed by atoms with E-state index in [9.17, 15) is 4.39 Å². The minimum absolute atomic E-state index is 0.302. The molecule has 2 atom stereocenters. The van der Waals surface area contributed by atoms with Gasteiger partial charge in [0.15, 0.2) is 0 Å². The molecule has 5 nitrogen and oxygen atoms in total. The van der Waals surface area contributed by atoms with Gasteiger partial charge in [0.2, 0.25) is 0 Å². The van der Waals surface area contributed by atoms with Gasteiger partial charge in [-0.2, -0.15) is 4.98 Å². The van der Waals surface area contributed by atoms with Crippen LogP contribution in [0.2, 0.25) is 0 Å². The Morgan fingerprint density at radius 2 is 2.33 bits per heavy atom. The van der Waals surface area contributed by atoms with Gasteiger partial charge in [-0.25, -0.2) is 9.37 Å². The predicted molar refractivity (Wildman–Crippen MR) is 89.2 cm³/mol. The van der Waals surface area contributed by atoms with Crippen LogP contribution in [-0.4, -0.2) is 53.4 Å². The highest BCUT2D eigenvalue weighted by atomic mass is 19.1. The standard InChI is InChI=1S/C18H20FN3O2/c1-12-6-18(7-13(19)10-22(18)9-12)11-24-17-20-8-14-15(21-17)4-3-5-16(14)23-2/h3-5,8,13H,1,6-7,9-11H2,2H3/t13-,18+/m0/s1. The minimum Gasteiger partial charge on any atom is -0.496 e. The lowest BCUT2D eigenvalue weighted by atomic mass is 9.93. The first-order valence-electron chi connectivity index (χ1n) is 8.08. The number of nitrogens with zero attached hydrogens (tertiary/aromatic N) is 3. The van der Waals surface area contributed by atoms with Gasteiger partial charge in [-0.05, 0) is 18.6 Å². The van der Waals surface area contributed by atoms with Gasteiger partial charge in [0.25, 0.3) is 0 Å². The Labute approximate surface area is 140 Å². The SMILES string of the molecule is C=C1CN2C[C@@H](F)C[C@@]2(COc2ncc3c(OC)cccc3n2)C1. The lowest BCUT2D eigenvalue weighted by Gasteiger charge is -2.30. The molecule has 1 aromatic heterocycles. The van der Waals surface area contributed by atoms with Crippen LogP contribution in [0.3, 0.4) is 0 Å². The maximum absolute atomic E-state index is 13.9. The molecular weight excluding hydrogens is 309 g/mol. The van der Waals surface area contributed by atoms with E-state index < -0.39 is 6.17 Å². The van der Waals surface area contributed by atoms with Gasteiger partial charge in [-0.15, -0.1) is 0 Å². The molecule has 6 heteroatoms. The number of fused-ring (bicyclic) bond motifs is 2. The molecule has 0 unspecified atom stereocenters. The van der Waals surface area contributed by atoms with Crippen LogP contribution in [0.25, 0.3) is 10.9 Å². The molecule has 3 heterocycles. The van der Waals surface area contributed by atoms with Crippen LogP contribution in [0.5, 0.6) is 11.8 Å². The summed E-state index contributed by atoms with van der Waals surface area (Å²) in [6.07, 6.45) is 2.15. The van der Waals surface area contributed by atoms with Crippen molar-refractivity contribution in [2.24, 2.45) is 0 Å². The van der Waals surface area contributed by atoms with E-state index in [1.165, 1.54) is 0 Å². The molecule has 0 N–H and O–H groups in total. The largest absolute Gasteiger partial charge is 0.496 e. The molecule has 2 aromatic rings. The van der Waals surface area contributed by atoms with E-state index in [2.05, 4.69) is 21.4 Å². The smallest absolute Gasteiger partial charge is 0.316 e. The number of hydrogen-bond acceptors (Lipinski definition) is 5. The van der Waals surface area contributed by atoms with Crippen LogP contribution < -0.4 is 9.47 Å². The number of benzene rings is 1. The molecule has 0 amide bonds. The lowest BCUT2D eigenvalue weighted by Crippen LogP contribution is -2.43. The predicted octanol–water partition coefficient (Wildman–Crippen LogP) is 2.76. The van der Waals surface area contributed by atoms with Gasteiger partial charge < -0.3 is 9.47 Å². The van der Waals surface area contributed by atoms with Crippen molar-refractivity contribution in [1.29, 1.82) is 0 Å². The second-order valence-corrected chi connectivity index (χ2v) is 6.67. The van der Waals surface area contributed by atoms with Crippen molar-refractivity contribution in [3.8, 4) is 11.8 Å². The number of rotatable bonds is 4. The summed E-state index contributed by atoms with van der Waals surface area (Å²) in [6.45, 7) is 5.64. The molecule has 24 heavy (non-hydrogen) atoms. The topological polar surface area (TPSA) is 47.5 Å². The minimum atomic E-state index is -0.802. The highest BCUT2D eigenvalue weighted by Gasteiger charge is 2.50. The van der Waals surface area contributed by atoms with Crippen LogP contribution in [0, 0.1) is 0 Å². The first-order chi connectivity index (χ1) is 11.6. The molecule has 2 fully saturated rings. The normalized spacial score (nSPS) is 26.8. The zero-order chi connectivity index (χ0) is 16.7. The van der Waals surface area contributed by atoms with Gasteiger partial charge in [-0.1, -0.05) is 18.2 Å². The first-order valence-corrected chi connectivity index (χ1v) is 8.08. The Morgan fingerprint density at radius 1 is 1.46 bits per heavy atom. The third-order valence-electron chi connectivity index (χ3n) is 4.94. The summed E-state index contributed by atoms with van der Waals surface area (Å²) in [5, 5.41) is 0.839. The molecule has 2 aliphatic heterocycles. The van der Waals surface area contributed by atoms with E-state index >= 15 is 0 Å². The molecule has 2 saturated heterocycles. The number of methoxy groups -OCH3 is 1. The van der Waals surface area contributed by atoms with Gasteiger partial charge >= 0.3 is 6.01 Å². The highest BCUT2D eigenvalue weighted by Crippen LogP contribution is 2.42. The van der Waals surface area contributed by atoms with Crippen molar-refractivity contribution in [3.05, 3.63) is 36.5 Å². The van der Waals surface area contributed by atoms with E-state index in [0.717, 1.165) is 35.2 Å². The molecular formula is C18H20FN3O2. The quantitative estimate of drug-likeness (QED) is 0.807. The summed E-state index contributed by atoms with van der Waals surface area (Å²) in [4.78, 5) is 10.9. The molecule has 2 aliphatic rings. The van der Waals surface area contributed by atoms with Crippen molar-refractivity contribution in [1.82, 2.24) is 14.9 Å². The molecule has 0 bridgehead atoms. The van der Waals surface area contributed by atoms with E-state index in [-0.39, 0.29) is 5.54 Å². The Balaban J connectivity index is 1.55. The molecule has 0 saturated carbocycles. The molecule has 0 spiro atoms. The zero-order valence-electron chi connectivity index (χ0n) is 13.7. The molecule has 126 valence electrons. The monoisotopic (exact) mass is 329 g/mol. The van der Waals surface area contributed by atoms with Crippen molar-refractivity contribution in [2.45, 2.75) is 24.6 Å². The maximum atomic E-state index is 13.9. The molecule has 0 aliphatic carbocycles. The maximum Gasteiger partial charge on any atom is 0.316 e. The van der Waals surface area contributed by atoms with Gasteiger partial charge in [-0.3, -0.25) is 4.90 Å². The van der Waals surface area contributed by atoms with Crippen LogP contribution in [0.1, 0.15) is 12.8 Å². The van der Waals surface area contributed by atoms with E-state index in [4.69, 9.17) is 9.47 Å². The third kappa shape index (κ3) is 2.51. The van der Waals surface area contributed by atoms with E-state index in [1.54, 1.807) is 13.3 Å². The summed E-state index contributed by atoms with van der Waals surface area (Å²) in [5.74, 6) is 0.729. The lowest BCUT2D eigenvalue weighted by molar-refractivity contribution is 0.107. The van der Waals surface area contributed by atoms with E-state index in [1.807, 2.05) is 18.2 Å². The second kappa shape index (κ2) is 5.70. The Hall–Kier alpha value is -2.21. The Morgan fingerprint density at radius 3 is 3.17 bits per heavy atom. The fraction of sp³-hybridized carbons (Fsp3) is 0.444. The van der Waals surface area contributed by atoms with Gasteiger partial charge in [0.05, 0.1) is 23.6 Å². The number of alkyl halides is 1. The van der Waals surface area contributed by atoms with Crippen molar-refractivity contribution < 1.29 is 13.9 Å². The van der Waals surface area contributed by atoms with Crippen LogP contribution >= 0.6 is 0 Å². The average Bonchev–Trinajstić information content (AvgIpc) is 3.02. The Kier molecular flexibility index (Phi) is 3.64. The summed E-state index contributed by atoms with van der Waals surface area (Å²) in [7, 11) is 1.62. The second-order valence-electron chi connectivity index (χ2n) is 6.67. The van der Waals surface area contributed by atoms with Gasteiger partial charge in [0, 0.05) is 25.7 Å². The van der Waals surface area contributed by atoms with Crippen molar-refractivity contribution in [3.63, 3.8) is 0 Å². The average molecular weight is 329 g/mol. The summed E-state index contributed by atoms with van der Waals surface area (Å²) >= 11 is 0. The molecule has 0 radical (unpaired) electrons. The number of aromatic nitrogens is 2. The van der Waals surface area contributed by atoms with Crippen LogP contribution in [0.15, 0.2) is 36.5 Å². The van der Waals surface area contributed by atoms with Crippen molar-refractivity contribution >= 4 is 10.9 Å². The fourth-order valence-corrected chi connectivity index (χ4v) is 3.91. The zero-order valence-corrected chi connectivity index (χ0v) is 13.7. The number of halogens is 1. The number of hydrogen-bond donors (Lipinski definition) is 0. The highest BCUT2D eigenvalue weighted by molar-refractivity contribution is 5.84. The van der Waals surface area contributed by atoms with Crippen molar-refractivity contribution in [2.75, 3.05) is 26.8 Å².